The van der Waals surface area contributed by atoms with E-state index in [2.05, 4.69) is 5.16 Å². The average molecular weight is 167 g/mol. The summed E-state index contributed by atoms with van der Waals surface area (Å²) in [5.41, 5.74) is 0.732. The Morgan fingerprint density at radius 3 is 2.67 bits per heavy atom. The molecule has 64 valence electrons. The van der Waals surface area contributed by atoms with Crippen LogP contribution in [0.25, 0.3) is 0 Å². The summed E-state index contributed by atoms with van der Waals surface area (Å²) in [6.45, 7) is 1.81. The summed E-state index contributed by atoms with van der Waals surface area (Å²) in [7, 11) is 0. The van der Waals surface area contributed by atoms with Gasteiger partial charge in [0.15, 0.2) is 0 Å². The van der Waals surface area contributed by atoms with Crippen molar-refractivity contribution in [3.63, 3.8) is 0 Å². The van der Waals surface area contributed by atoms with Crippen LogP contribution in [0.1, 0.15) is 18.9 Å². The molecule has 0 aliphatic rings. The first kappa shape index (κ1) is 8.71. The molecule has 0 spiro atoms. The van der Waals surface area contributed by atoms with E-state index in [-0.39, 0.29) is 5.82 Å². The smallest absolute Gasteiger partial charge is 0.132 e. The van der Waals surface area contributed by atoms with E-state index in [1.54, 1.807) is 18.2 Å². The van der Waals surface area contributed by atoms with E-state index >= 15 is 0 Å². The molecule has 1 aromatic carbocycles. The zero-order valence-electron chi connectivity index (χ0n) is 6.79. The lowest BCUT2D eigenvalue weighted by Crippen LogP contribution is -2.01. The van der Waals surface area contributed by atoms with Crippen LogP contribution in [0.15, 0.2) is 29.4 Å². The normalized spacial score (nSPS) is 11.7. The van der Waals surface area contributed by atoms with Gasteiger partial charge < -0.3 is 5.21 Å². The largest absolute Gasteiger partial charge is 0.411 e. The number of rotatable bonds is 2. The molecule has 0 aliphatic heterocycles. The first-order chi connectivity index (χ1) is 5.79. The van der Waals surface area contributed by atoms with Gasteiger partial charge in [-0.2, -0.15) is 0 Å². The number of nitrogens with zero attached hydrogens (tertiary/aromatic N) is 1. The van der Waals surface area contributed by atoms with Crippen LogP contribution >= 0.6 is 0 Å². The maximum Gasteiger partial charge on any atom is 0.132 e. The molecule has 0 fully saturated rings. The van der Waals surface area contributed by atoms with E-state index in [9.17, 15) is 4.39 Å². The molecule has 0 aliphatic carbocycles. The van der Waals surface area contributed by atoms with Crippen LogP contribution in [-0.2, 0) is 0 Å². The van der Waals surface area contributed by atoms with Crippen LogP contribution < -0.4 is 0 Å². The molecule has 0 amide bonds. The third-order valence-corrected chi connectivity index (χ3v) is 1.64. The molecule has 12 heavy (non-hydrogen) atoms. The maximum atomic E-state index is 13.0. The summed E-state index contributed by atoms with van der Waals surface area (Å²) in [6, 6.07) is 6.24. The lowest BCUT2D eigenvalue weighted by atomic mass is 10.1. The van der Waals surface area contributed by atoms with Gasteiger partial charge in [0.25, 0.3) is 0 Å². The highest BCUT2D eigenvalue weighted by atomic mass is 19.1. The Balaban J connectivity index is 3.10. The fraction of sp³-hybridized carbons (Fsp3) is 0.222. The molecule has 0 unspecified atom stereocenters. The lowest BCUT2D eigenvalue weighted by molar-refractivity contribution is 0.318. The first-order valence-corrected chi connectivity index (χ1v) is 3.75. The van der Waals surface area contributed by atoms with Gasteiger partial charge in [0.2, 0.25) is 0 Å². The quantitative estimate of drug-likeness (QED) is 0.409. The molecule has 0 saturated carbocycles. The van der Waals surface area contributed by atoms with E-state index in [0.29, 0.717) is 17.7 Å². The second-order valence-corrected chi connectivity index (χ2v) is 2.38. The second-order valence-electron chi connectivity index (χ2n) is 2.38. The van der Waals surface area contributed by atoms with Crippen molar-refractivity contribution in [3.8, 4) is 0 Å². The summed E-state index contributed by atoms with van der Waals surface area (Å²) in [4.78, 5) is 0. The summed E-state index contributed by atoms with van der Waals surface area (Å²) in [5, 5.41) is 11.5. The van der Waals surface area contributed by atoms with Crippen molar-refractivity contribution in [1.29, 1.82) is 0 Å². The molecule has 3 heteroatoms. The Hall–Kier alpha value is -1.38. The lowest BCUT2D eigenvalue weighted by Gasteiger charge is -2.01. The fourth-order valence-corrected chi connectivity index (χ4v) is 1.01. The van der Waals surface area contributed by atoms with Gasteiger partial charge in [0, 0.05) is 5.56 Å². The number of hydrogen-bond acceptors (Lipinski definition) is 2. The van der Waals surface area contributed by atoms with E-state index in [4.69, 9.17) is 5.21 Å². The van der Waals surface area contributed by atoms with Crippen LogP contribution in [0, 0.1) is 5.82 Å². The molecule has 0 saturated heterocycles. The third-order valence-electron chi connectivity index (χ3n) is 1.64. The summed E-state index contributed by atoms with van der Waals surface area (Å²) in [5.74, 6) is -0.354. The van der Waals surface area contributed by atoms with E-state index in [0.717, 1.165) is 0 Å². The number of oxime groups is 1. The van der Waals surface area contributed by atoms with Crippen LogP contribution in [0.3, 0.4) is 0 Å². The molecule has 1 aromatic rings. The number of benzene rings is 1. The summed E-state index contributed by atoms with van der Waals surface area (Å²) >= 11 is 0. The minimum atomic E-state index is -0.354. The van der Waals surface area contributed by atoms with Gasteiger partial charge in [-0.1, -0.05) is 30.3 Å². The molecule has 0 bridgehead atoms. The zero-order valence-corrected chi connectivity index (χ0v) is 6.79. The Morgan fingerprint density at radius 2 is 2.17 bits per heavy atom. The minimum absolute atomic E-state index is 0.354. The molecular weight excluding hydrogens is 157 g/mol. The highest BCUT2D eigenvalue weighted by Gasteiger charge is 2.06. The van der Waals surface area contributed by atoms with Gasteiger partial charge in [0.1, 0.15) is 5.82 Å². The van der Waals surface area contributed by atoms with Gasteiger partial charge in [-0.15, -0.1) is 0 Å². The van der Waals surface area contributed by atoms with E-state index in [1.165, 1.54) is 6.07 Å². The standard InChI is InChI=1S/C9H10FNO/c1-2-9(11-12)7-5-3-4-6-8(7)10/h3-6,12H,2H2,1H3. The molecule has 1 rings (SSSR count). The van der Waals surface area contributed by atoms with Gasteiger partial charge in [-0.3, -0.25) is 0 Å². The molecule has 0 atom stereocenters. The average Bonchev–Trinajstić information content (AvgIpc) is 2.10. The molecule has 0 heterocycles. The Morgan fingerprint density at radius 1 is 1.50 bits per heavy atom. The van der Waals surface area contributed by atoms with Crippen molar-refractivity contribution in [2.75, 3.05) is 0 Å². The van der Waals surface area contributed by atoms with Crippen molar-refractivity contribution >= 4 is 5.71 Å². The highest BCUT2D eigenvalue weighted by Crippen LogP contribution is 2.09. The maximum absolute atomic E-state index is 13.0. The molecular formula is C9H10FNO. The second kappa shape index (κ2) is 3.85. The van der Waals surface area contributed by atoms with Crippen molar-refractivity contribution in [3.05, 3.63) is 35.6 Å². The molecule has 1 N–H and O–H groups in total. The first-order valence-electron chi connectivity index (χ1n) is 3.75. The van der Waals surface area contributed by atoms with E-state index in [1.807, 2.05) is 6.92 Å². The van der Waals surface area contributed by atoms with Gasteiger partial charge in [-0.25, -0.2) is 4.39 Å². The minimum Gasteiger partial charge on any atom is -0.411 e. The fourth-order valence-electron chi connectivity index (χ4n) is 1.01. The molecule has 0 radical (unpaired) electrons. The summed E-state index contributed by atoms with van der Waals surface area (Å²) in [6.07, 6.45) is 0.511. The van der Waals surface area contributed by atoms with Crippen LogP contribution in [0.5, 0.6) is 0 Å². The van der Waals surface area contributed by atoms with Gasteiger partial charge in [-0.05, 0) is 12.5 Å². The van der Waals surface area contributed by atoms with Crippen LogP contribution in [0.2, 0.25) is 0 Å². The Kier molecular flexibility index (Phi) is 2.80. The SMILES string of the molecule is CCC(=NO)c1ccccc1F. The third kappa shape index (κ3) is 1.61. The zero-order chi connectivity index (χ0) is 8.97. The van der Waals surface area contributed by atoms with E-state index < -0.39 is 0 Å². The molecule has 0 aromatic heterocycles. The van der Waals surface area contributed by atoms with Gasteiger partial charge in [0.05, 0.1) is 5.71 Å². The monoisotopic (exact) mass is 167 g/mol. The number of halogens is 1. The topological polar surface area (TPSA) is 32.6 Å². The van der Waals surface area contributed by atoms with Gasteiger partial charge >= 0.3 is 0 Å². The molecule has 2 nitrogen and oxygen atoms in total. The van der Waals surface area contributed by atoms with Crippen LogP contribution in [0.4, 0.5) is 4.39 Å². The van der Waals surface area contributed by atoms with Crippen molar-refractivity contribution in [1.82, 2.24) is 0 Å². The Bertz CT molecular complexity index is 296. The van der Waals surface area contributed by atoms with Crippen molar-refractivity contribution in [2.45, 2.75) is 13.3 Å². The predicted octanol–water partition coefficient (Wildman–Crippen LogP) is 2.41. The predicted molar refractivity (Wildman–Crippen MR) is 45.0 cm³/mol. The van der Waals surface area contributed by atoms with Crippen molar-refractivity contribution < 1.29 is 9.60 Å². The highest BCUT2D eigenvalue weighted by molar-refractivity contribution is 6.00. The van der Waals surface area contributed by atoms with Crippen molar-refractivity contribution in [2.24, 2.45) is 5.16 Å². The summed E-state index contributed by atoms with van der Waals surface area (Å²) < 4.78 is 13.0. The number of hydrogen-bond donors (Lipinski definition) is 1. The van der Waals surface area contributed by atoms with Crippen LogP contribution in [-0.4, -0.2) is 10.9 Å². The Labute approximate surface area is 70.3 Å².